The molecule has 2 bridgehead atoms. The average molecular weight is 490 g/mol. The number of piperidine rings is 1. The fourth-order valence-electron chi connectivity index (χ4n) is 8.16. The molecule has 1 N–H and O–H groups in total. The van der Waals surface area contributed by atoms with Crippen LogP contribution >= 0.6 is 0 Å². The summed E-state index contributed by atoms with van der Waals surface area (Å²) in [5, 5.41) is 11.5. The van der Waals surface area contributed by atoms with E-state index in [1.165, 1.54) is 11.1 Å². The van der Waals surface area contributed by atoms with E-state index < -0.39 is 0 Å². The number of hydrogen-bond acceptors (Lipinski definition) is 4. The van der Waals surface area contributed by atoms with Crippen LogP contribution in [0.3, 0.4) is 0 Å². The van der Waals surface area contributed by atoms with Crippen LogP contribution in [0.15, 0.2) is 42.5 Å². The number of carbonyl (C=O) groups is 1. The van der Waals surface area contributed by atoms with Gasteiger partial charge < -0.3 is 14.4 Å². The lowest BCUT2D eigenvalue weighted by Crippen LogP contribution is -2.76. The molecular formula is C30H37N2O4+. The molecule has 6 nitrogen and oxygen atoms in total. The Labute approximate surface area is 213 Å². The topological polar surface area (TPSA) is 59.0 Å². The third-order valence-corrected chi connectivity index (χ3v) is 10.1. The first-order chi connectivity index (χ1) is 17.1. The van der Waals surface area contributed by atoms with Gasteiger partial charge in [0.15, 0.2) is 0 Å². The van der Waals surface area contributed by atoms with E-state index in [-0.39, 0.29) is 39.6 Å². The second kappa shape index (κ2) is 7.83. The van der Waals surface area contributed by atoms with Gasteiger partial charge >= 0.3 is 0 Å². The molecule has 2 fully saturated rings. The maximum atomic E-state index is 13.4. The van der Waals surface area contributed by atoms with Crippen molar-refractivity contribution in [3.63, 3.8) is 0 Å². The zero-order chi connectivity index (χ0) is 25.5. The molecule has 2 heterocycles. The molecule has 2 aromatic carbocycles. The minimum absolute atomic E-state index is 0.0229. The van der Waals surface area contributed by atoms with E-state index in [9.17, 15) is 10.0 Å². The molecule has 6 atom stereocenters. The maximum absolute atomic E-state index is 13.4. The molecule has 3 unspecified atom stereocenters. The molecule has 1 amide bonds. The van der Waals surface area contributed by atoms with Gasteiger partial charge in [-0.2, -0.15) is 4.65 Å². The Morgan fingerprint density at radius 1 is 1.28 bits per heavy atom. The van der Waals surface area contributed by atoms with Gasteiger partial charge in [-0.15, -0.1) is 0 Å². The number of hydroxylamine groups is 3. The fourth-order valence-corrected chi connectivity index (χ4v) is 8.16. The summed E-state index contributed by atoms with van der Waals surface area (Å²) in [7, 11) is 5.53. The van der Waals surface area contributed by atoms with Gasteiger partial charge in [-0.25, -0.2) is 5.21 Å². The van der Waals surface area contributed by atoms with Crippen molar-refractivity contribution in [2.75, 3.05) is 27.7 Å². The van der Waals surface area contributed by atoms with Crippen molar-refractivity contribution in [3.8, 4) is 11.5 Å². The summed E-state index contributed by atoms with van der Waals surface area (Å²) >= 11 is 0. The Balaban J connectivity index is 1.37. The standard InChI is InChI=1S/C30H37N2O4/c1-19-9-11-21-18-24-29(2)14-13-23(28-30(29,15-16-32(24,4)34)26(21)27(19)36-28)31(3)25(33)12-10-20-7-6-8-22(17-20)35-5/h6-12,17,23-24,28,34H,13-16,18H2,1-5H3/q+1/b12-10+/t23?,24-,28?,29+,30+,32?/m1/s1. The van der Waals surface area contributed by atoms with Crippen molar-refractivity contribution in [2.24, 2.45) is 5.41 Å². The number of likely N-dealkylation sites (N-methyl/N-ethyl adjacent to an activating group) is 2. The number of quaternary nitrogens is 1. The molecule has 2 aliphatic carbocycles. The molecule has 190 valence electrons. The van der Waals surface area contributed by atoms with Gasteiger partial charge in [-0.1, -0.05) is 31.2 Å². The quantitative estimate of drug-likeness (QED) is 0.507. The zero-order valence-corrected chi connectivity index (χ0v) is 22.0. The molecule has 36 heavy (non-hydrogen) atoms. The van der Waals surface area contributed by atoms with Gasteiger partial charge in [-0.05, 0) is 54.7 Å². The summed E-state index contributed by atoms with van der Waals surface area (Å²) in [6.45, 7) is 5.21. The first-order valence-electron chi connectivity index (χ1n) is 13.1. The highest BCUT2D eigenvalue weighted by atomic mass is 16.5. The second-order valence-electron chi connectivity index (χ2n) is 11.7. The highest BCUT2D eigenvalue weighted by Crippen LogP contribution is 2.69. The number of rotatable bonds is 4. The molecule has 6 heteroatoms. The Bertz CT molecular complexity index is 1270. The van der Waals surface area contributed by atoms with E-state index in [0.29, 0.717) is 6.54 Å². The van der Waals surface area contributed by atoms with E-state index in [0.717, 1.165) is 48.3 Å². The van der Waals surface area contributed by atoms with Crippen molar-refractivity contribution < 1.29 is 24.1 Å². The van der Waals surface area contributed by atoms with Crippen LogP contribution < -0.4 is 9.47 Å². The van der Waals surface area contributed by atoms with Crippen LogP contribution in [0.1, 0.15) is 48.4 Å². The van der Waals surface area contributed by atoms with Gasteiger partial charge in [0.05, 0.1) is 25.6 Å². The van der Waals surface area contributed by atoms with Gasteiger partial charge in [-0.3, -0.25) is 4.79 Å². The summed E-state index contributed by atoms with van der Waals surface area (Å²) in [5.41, 5.74) is 4.48. The zero-order valence-electron chi connectivity index (χ0n) is 22.0. The Morgan fingerprint density at radius 3 is 2.86 bits per heavy atom. The molecule has 4 aliphatic rings. The fraction of sp³-hybridized carbons (Fsp3) is 0.500. The maximum Gasteiger partial charge on any atom is 0.246 e. The molecule has 1 spiro atoms. The van der Waals surface area contributed by atoms with E-state index in [2.05, 4.69) is 26.0 Å². The van der Waals surface area contributed by atoms with Crippen LogP contribution in [-0.2, 0) is 16.6 Å². The van der Waals surface area contributed by atoms with Gasteiger partial charge in [0, 0.05) is 36.9 Å². The molecule has 2 aromatic rings. The first-order valence-corrected chi connectivity index (χ1v) is 13.1. The number of carbonyl (C=O) groups excluding carboxylic acids is 1. The molecule has 0 aromatic heterocycles. The smallest absolute Gasteiger partial charge is 0.246 e. The van der Waals surface area contributed by atoms with Crippen molar-refractivity contribution in [3.05, 3.63) is 64.7 Å². The Hall–Kier alpha value is -2.83. The number of benzene rings is 2. The number of likely N-dealkylation sites (tertiary alicyclic amines) is 1. The van der Waals surface area contributed by atoms with E-state index >= 15 is 0 Å². The summed E-state index contributed by atoms with van der Waals surface area (Å²) < 4.78 is 12.3. The largest absolute Gasteiger partial charge is 0.497 e. The number of amides is 1. The Kier molecular flexibility index (Phi) is 5.13. The predicted molar refractivity (Wildman–Crippen MR) is 138 cm³/mol. The molecule has 1 saturated carbocycles. The third kappa shape index (κ3) is 3.00. The van der Waals surface area contributed by atoms with Gasteiger partial charge in [0.1, 0.15) is 30.2 Å². The van der Waals surface area contributed by atoms with Crippen LogP contribution in [0, 0.1) is 12.3 Å². The van der Waals surface area contributed by atoms with Crippen molar-refractivity contribution in [1.82, 2.24) is 4.90 Å². The summed E-state index contributed by atoms with van der Waals surface area (Å²) in [4.78, 5) is 15.3. The monoisotopic (exact) mass is 489 g/mol. The molecular weight excluding hydrogens is 452 g/mol. The molecule has 6 rings (SSSR count). The Morgan fingerprint density at radius 2 is 2.08 bits per heavy atom. The van der Waals surface area contributed by atoms with E-state index in [4.69, 9.17) is 9.47 Å². The van der Waals surface area contributed by atoms with Gasteiger partial charge in [0.2, 0.25) is 5.91 Å². The minimum Gasteiger partial charge on any atom is -0.497 e. The highest BCUT2D eigenvalue weighted by Gasteiger charge is 2.75. The van der Waals surface area contributed by atoms with Crippen molar-refractivity contribution >= 4 is 12.0 Å². The molecule has 1 saturated heterocycles. The average Bonchev–Trinajstić information content (AvgIpc) is 3.22. The van der Waals surface area contributed by atoms with Gasteiger partial charge in [0.25, 0.3) is 0 Å². The van der Waals surface area contributed by atoms with E-state index in [1.54, 1.807) is 13.2 Å². The number of ether oxygens (including phenoxy) is 2. The lowest BCUT2D eigenvalue weighted by molar-refractivity contribution is -1.12. The minimum atomic E-state index is -0.193. The number of methoxy groups -OCH3 is 1. The van der Waals surface area contributed by atoms with Crippen molar-refractivity contribution in [2.45, 2.75) is 63.1 Å². The normalized spacial score (nSPS) is 35.8. The SMILES string of the molecule is COc1cccc(/C=C/C(=O)N(C)C2CC[C@@]3(C)[C@H]4Cc5ccc(C)c6c5[C@@]3(CC[N+]4(C)O)C2O6)c1. The number of nitrogens with zero attached hydrogens (tertiary/aromatic N) is 2. The van der Waals surface area contributed by atoms with Crippen LogP contribution in [0.4, 0.5) is 0 Å². The van der Waals surface area contributed by atoms with Crippen LogP contribution in [0.25, 0.3) is 6.08 Å². The number of aryl methyl sites for hydroxylation is 1. The van der Waals surface area contributed by atoms with Crippen LogP contribution in [0.2, 0.25) is 0 Å². The summed E-state index contributed by atoms with van der Waals surface area (Å²) in [6, 6.07) is 12.2. The van der Waals surface area contributed by atoms with Crippen LogP contribution in [0.5, 0.6) is 11.5 Å². The van der Waals surface area contributed by atoms with E-state index in [1.807, 2.05) is 49.3 Å². The summed E-state index contributed by atoms with van der Waals surface area (Å²) in [5.74, 6) is 1.77. The van der Waals surface area contributed by atoms with Crippen molar-refractivity contribution in [1.29, 1.82) is 0 Å². The third-order valence-electron chi connectivity index (χ3n) is 10.1. The molecule has 2 aliphatic heterocycles. The summed E-state index contributed by atoms with van der Waals surface area (Å²) in [6.07, 6.45) is 6.94. The van der Waals surface area contributed by atoms with Crippen LogP contribution in [-0.4, -0.2) is 66.6 Å². The highest BCUT2D eigenvalue weighted by molar-refractivity contribution is 5.92. The predicted octanol–water partition coefficient (Wildman–Crippen LogP) is 4.51. The number of hydrogen-bond donors (Lipinski definition) is 1. The lowest BCUT2D eigenvalue weighted by atomic mass is 9.43. The second-order valence-corrected chi connectivity index (χ2v) is 11.7. The molecule has 0 radical (unpaired) electrons. The lowest BCUT2D eigenvalue weighted by Gasteiger charge is -2.65. The first kappa shape index (κ1) is 23.6.